The van der Waals surface area contributed by atoms with E-state index in [9.17, 15) is 4.79 Å². The highest BCUT2D eigenvalue weighted by Gasteiger charge is 2.06. The summed E-state index contributed by atoms with van der Waals surface area (Å²) in [5.41, 5.74) is 8.34. The van der Waals surface area contributed by atoms with Crippen molar-refractivity contribution in [2.75, 3.05) is 5.32 Å². The van der Waals surface area contributed by atoms with Crippen LogP contribution >= 0.6 is 0 Å². The largest absolute Gasteiger partial charge is 0.366 e. The van der Waals surface area contributed by atoms with Crippen LogP contribution in [0.3, 0.4) is 0 Å². The quantitative estimate of drug-likeness (QED) is 0.844. The van der Waals surface area contributed by atoms with E-state index in [1.807, 2.05) is 25.1 Å². The summed E-state index contributed by atoms with van der Waals surface area (Å²) in [6, 6.07) is 9.07. The predicted molar refractivity (Wildman–Crippen MR) is 67.2 cm³/mol. The molecular weight excluding hydrogens is 214 g/mol. The fraction of sp³-hybridized carbons (Fsp3) is 0.0769. The zero-order valence-corrected chi connectivity index (χ0v) is 9.47. The maximum atomic E-state index is 11.2. The molecule has 0 aliphatic carbocycles. The average molecular weight is 227 g/mol. The minimum absolute atomic E-state index is 0.450. The van der Waals surface area contributed by atoms with E-state index in [2.05, 4.69) is 10.3 Å². The summed E-state index contributed by atoms with van der Waals surface area (Å²) in [5, 5.41) is 3.13. The first-order valence-corrected chi connectivity index (χ1v) is 5.24. The predicted octanol–water partition coefficient (Wildman–Crippen LogP) is 2.23. The van der Waals surface area contributed by atoms with Crippen molar-refractivity contribution >= 4 is 17.3 Å². The Morgan fingerprint density at radius 3 is 2.76 bits per heavy atom. The molecule has 0 unspecified atom stereocenters. The molecule has 1 heterocycles. The molecule has 2 aromatic rings. The lowest BCUT2D eigenvalue weighted by atomic mass is 10.1. The summed E-state index contributed by atoms with van der Waals surface area (Å²) in [6.07, 6.45) is 3.47. The van der Waals surface area contributed by atoms with Gasteiger partial charge < -0.3 is 11.1 Å². The molecule has 0 fully saturated rings. The van der Waals surface area contributed by atoms with Crippen LogP contribution in [-0.4, -0.2) is 10.9 Å². The second-order valence-electron chi connectivity index (χ2n) is 3.79. The van der Waals surface area contributed by atoms with Crippen molar-refractivity contribution in [3.05, 3.63) is 53.9 Å². The molecule has 4 heteroatoms. The summed E-state index contributed by atoms with van der Waals surface area (Å²) in [5.74, 6) is -0.450. The van der Waals surface area contributed by atoms with Crippen molar-refractivity contribution in [2.45, 2.75) is 6.92 Å². The number of nitrogens with one attached hydrogen (secondary N) is 1. The molecular formula is C13H13N3O. The number of para-hydroxylation sites is 1. The van der Waals surface area contributed by atoms with Gasteiger partial charge in [0, 0.05) is 6.20 Å². The third-order valence-electron chi connectivity index (χ3n) is 2.35. The van der Waals surface area contributed by atoms with Gasteiger partial charge in [-0.15, -0.1) is 0 Å². The Bertz CT molecular complexity index is 552. The van der Waals surface area contributed by atoms with Crippen molar-refractivity contribution in [3.8, 4) is 0 Å². The zero-order chi connectivity index (χ0) is 12.3. The van der Waals surface area contributed by atoms with Crippen molar-refractivity contribution in [2.24, 2.45) is 5.73 Å². The Morgan fingerprint density at radius 1 is 1.29 bits per heavy atom. The lowest BCUT2D eigenvalue weighted by Gasteiger charge is -2.09. The number of carbonyl (C=O) groups excluding carboxylic acids is 1. The number of anilines is 2. The van der Waals surface area contributed by atoms with Gasteiger partial charge in [-0.1, -0.05) is 12.1 Å². The van der Waals surface area contributed by atoms with E-state index < -0.39 is 5.91 Å². The lowest BCUT2D eigenvalue weighted by Crippen LogP contribution is -2.13. The fourth-order valence-corrected chi connectivity index (χ4v) is 1.59. The van der Waals surface area contributed by atoms with E-state index in [0.29, 0.717) is 11.3 Å². The van der Waals surface area contributed by atoms with Crippen LogP contribution in [-0.2, 0) is 0 Å². The first-order chi connectivity index (χ1) is 8.16. The number of hydrogen-bond donors (Lipinski definition) is 2. The number of rotatable bonds is 3. The standard InChI is InChI=1S/C13H13N3O/c1-9-6-10(8-15-7-9)16-12-5-3-2-4-11(12)13(14)17/h2-8,16H,1H3,(H2,14,17). The number of pyridine rings is 1. The second kappa shape index (κ2) is 4.65. The maximum Gasteiger partial charge on any atom is 0.250 e. The van der Waals surface area contributed by atoms with E-state index in [4.69, 9.17) is 5.73 Å². The number of primary amides is 1. The van der Waals surface area contributed by atoms with E-state index in [1.165, 1.54) is 0 Å². The molecule has 2 rings (SSSR count). The molecule has 1 aromatic heterocycles. The van der Waals surface area contributed by atoms with Gasteiger partial charge in [0.05, 0.1) is 23.1 Å². The fourth-order valence-electron chi connectivity index (χ4n) is 1.59. The van der Waals surface area contributed by atoms with E-state index in [0.717, 1.165) is 11.3 Å². The molecule has 1 aromatic carbocycles. The van der Waals surface area contributed by atoms with Crippen LogP contribution in [0.4, 0.5) is 11.4 Å². The van der Waals surface area contributed by atoms with Crippen molar-refractivity contribution < 1.29 is 4.79 Å². The summed E-state index contributed by atoms with van der Waals surface area (Å²) in [7, 11) is 0. The van der Waals surface area contributed by atoms with Gasteiger partial charge >= 0.3 is 0 Å². The third kappa shape index (κ3) is 2.60. The molecule has 0 saturated carbocycles. The second-order valence-corrected chi connectivity index (χ2v) is 3.79. The normalized spacial score (nSPS) is 9.94. The van der Waals surface area contributed by atoms with Gasteiger partial charge in [0.1, 0.15) is 0 Å². The van der Waals surface area contributed by atoms with Crippen LogP contribution < -0.4 is 11.1 Å². The number of aryl methyl sites for hydroxylation is 1. The van der Waals surface area contributed by atoms with Crippen LogP contribution in [0, 0.1) is 6.92 Å². The Hall–Kier alpha value is -2.36. The van der Waals surface area contributed by atoms with Gasteiger partial charge in [0.15, 0.2) is 0 Å². The summed E-state index contributed by atoms with van der Waals surface area (Å²) >= 11 is 0. The SMILES string of the molecule is Cc1cncc(Nc2ccccc2C(N)=O)c1. The van der Waals surface area contributed by atoms with Crippen LogP contribution in [0.5, 0.6) is 0 Å². The minimum Gasteiger partial charge on any atom is -0.366 e. The molecule has 0 saturated heterocycles. The van der Waals surface area contributed by atoms with Gasteiger partial charge in [0.2, 0.25) is 0 Å². The molecule has 0 atom stereocenters. The first kappa shape index (κ1) is 11.1. The number of nitrogens with zero attached hydrogens (tertiary/aromatic N) is 1. The zero-order valence-electron chi connectivity index (χ0n) is 9.47. The minimum atomic E-state index is -0.450. The molecule has 0 aliphatic heterocycles. The Labute approximate surface area is 99.5 Å². The van der Waals surface area contributed by atoms with Gasteiger partial charge in [-0.25, -0.2) is 0 Å². The summed E-state index contributed by atoms with van der Waals surface area (Å²) in [4.78, 5) is 15.3. The highest BCUT2D eigenvalue weighted by molar-refractivity contribution is 5.99. The van der Waals surface area contributed by atoms with Crippen molar-refractivity contribution in [3.63, 3.8) is 0 Å². The van der Waals surface area contributed by atoms with Crippen LogP contribution in [0.1, 0.15) is 15.9 Å². The number of aromatic nitrogens is 1. The maximum absolute atomic E-state index is 11.2. The molecule has 0 aliphatic rings. The Balaban J connectivity index is 2.33. The summed E-state index contributed by atoms with van der Waals surface area (Å²) in [6.45, 7) is 1.96. The van der Waals surface area contributed by atoms with E-state index >= 15 is 0 Å². The molecule has 4 nitrogen and oxygen atoms in total. The highest BCUT2D eigenvalue weighted by Crippen LogP contribution is 2.20. The number of benzene rings is 1. The highest BCUT2D eigenvalue weighted by atomic mass is 16.1. The van der Waals surface area contributed by atoms with Crippen molar-refractivity contribution in [1.29, 1.82) is 0 Å². The molecule has 0 bridgehead atoms. The van der Waals surface area contributed by atoms with E-state index in [1.54, 1.807) is 24.5 Å². The molecule has 3 N–H and O–H groups in total. The molecule has 0 radical (unpaired) electrons. The number of hydrogen-bond acceptors (Lipinski definition) is 3. The Kier molecular flexibility index (Phi) is 3.05. The van der Waals surface area contributed by atoms with E-state index in [-0.39, 0.29) is 0 Å². The molecule has 17 heavy (non-hydrogen) atoms. The van der Waals surface area contributed by atoms with Crippen LogP contribution in [0.25, 0.3) is 0 Å². The monoisotopic (exact) mass is 227 g/mol. The molecule has 0 spiro atoms. The molecule has 1 amide bonds. The number of nitrogens with two attached hydrogens (primary N) is 1. The lowest BCUT2D eigenvalue weighted by molar-refractivity contribution is 0.100. The van der Waals surface area contributed by atoms with Crippen molar-refractivity contribution in [1.82, 2.24) is 4.98 Å². The van der Waals surface area contributed by atoms with Gasteiger partial charge in [-0.3, -0.25) is 9.78 Å². The number of carbonyl (C=O) groups is 1. The summed E-state index contributed by atoms with van der Waals surface area (Å²) < 4.78 is 0. The van der Waals surface area contributed by atoms with Gasteiger partial charge in [-0.2, -0.15) is 0 Å². The number of amides is 1. The van der Waals surface area contributed by atoms with Crippen LogP contribution in [0.15, 0.2) is 42.7 Å². The van der Waals surface area contributed by atoms with Crippen LogP contribution in [0.2, 0.25) is 0 Å². The van der Waals surface area contributed by atoms with Gasteiger partial charge in [0.25, 0.3) is 5.91 Å². The first-order valence-electron chi connectivity index (χ1n) is 5.24. The Morgan fingerprint density at radius 2 is 2.06 bits per heavy atom. The van der Waals surface area contributed by atoms with Gasteiger partial charge in [-0.05, 0) is 30.7 Å². The third-order valence-corrected chi connectivity index (χ3v) is 2.35. The topological polar surface area (TPSA) is 68.0 Å². The average Bonchev–Trinajstić information content (AvgIpc) is 2.29. The molecule has 86 valence electrons. The smallest absolute Gasteiger partial charge is 0.250 e.